The molecular formula is C20H22N2O2. The second kappa shape index (κ2) is 6.38. The first kappa shape index (κ1) is 15.4. The predicted octanol–water partition coefficient (Wildman–Crippen LogP) is 4.06. The third-order valence-electron chi connectivity index (χ3n) is 4.83. The molecule has 2 aromatic heterocycles. The van der Waals surface area contributed by atoms with Crippen molar-refractivity contribution in [3.05, 3.63) is 65.2 Å². The van der Waals surface area contributed by atoms with Crippen molar-refractivity contribution in [1.29, 1.82) is 0 Å². The first-order chi connectivity index (χ1) is 11.7. The summed E-state index contributed by atoms with van der Waals surface area (Å²) in [4.78, 5) is 4.20. The van der Waals surface area contributed by atoms with E-state index < -0.39 is 0 Å². The van der Waals surface area contributed by atoms with Crippen LogP contribution in [-0.4, -0.2) is 17.6 Å². The van der Waals surface area contributed by atoms with Gasteiger partial charge in [-0.25, -0.2) is 0 Å². The van der Waals surface area contributed by atoms with Crippen LogP contribution in [0.5, 0.6) is 0 Å². The van der Waals surface area contributed by atoms with E-state index in [-0.39, 0.29) is 12.1 Å². The normalized spacial score (nSPS) is 20.8. The molecule has 1 N–H and O–H groups in total. The summed E-state index contributed by atoms with van der Waals surface area (Å²) in [5.41, 5.74) is 4.64. The number of furan rings is 1. The van der Waals surface area contributed by atoms with Gasteiger partial charge in [-0.3, -0.25) is 4.98 Å². The molecule has 1 fully saturated rings. The van der Waals surface area contributed by atoms with Crippen LogP contribution in [0.25, 0.3) is 11.0 Å². The third-order valence-corrected chi connectivity index (χ3v) is 4.83. The molecule has 0 amide bonds. The SMILES string of the molecule is Cc1cc2cc(CN[C@H]3CCO[C@@H]3c3cccnc3)oc2cc1C. The van der Waals surface area contributed by atoms with Crippen LogP contribution in [0.3, 0.4) is 0 Å². The number of benzene rings is 1. The Morgan fingerprint density at radius 2 is 2.08 bits per heavy atom. The average molecular weight is 322 g/mol. The van der Waals surface area contributed by atoms with Crippen molar-refractivity contribution in [2.75, 3.05) is 6.61 Å². The van der Waals surface area contributed by atoms with Crippen LogP contribution in [0.15, 0.2) is 47.1 Å². The molecule has 2 atom stereocenters. The van der Waals surface area contributed by atoms with Crippen molar-refractivity contribution < 1.29 is 9.15 Å². The van der Waals surface area contributed by atoms with Crippen molar-refractivity contribution in [3.63, 3.8) is 0 Å². The van der Waals surface area contributed by atoms with E-state index in [0.29, 0.717) is 6.54 Å². The highest BCUT2D eigenvalue weighted by molar-refractivity contribution is 5.79. The number of hydrogen-bond donors (Lipinski definition) is 1. The Kier molecular flexibility index (Phi) is 4.08. The quantitative estimate of drug-likeness (QED) is 0.787. The van der Waals surface area contributed by atoms with Gasteiger partial charge in [0.05, 0.1) is 12.6 Å². The maximum Gasteiger partial charge on any atom is 0.134 e. The Labute approximate surface area is 141 Å². The minimum absolute atomic E-state index is 0.0626. The average Bonchev–Trinajstić information content (AvgIpc) is 3.20. The maximum absolute atomic E-state index is 5.99. The minimum Gasteiger partial charge on any atom is -0.460 e. The summed E-state index contributed by atoms with van der Waals surface area (Å²) in [7, 11) is 0. The molecule has 1 aliphatic rings. The number of rotatable bonds is 4. The molecule has 4 heteroatoms. The van der Waals surface area contributed by atoms with Crippen LogP contribution in [0.2, 0.25) is 0 Å². The van der Waals surface area contributed by atoms with Gasteiger partial charge in [0, 0.05) is 36.0 Å². The summed E-state index contributed by atoms with van der Waals surface area (Å²) in [6, 6.07) is 10.7. The maximum atomic E-state index is 5.99. The Morgan fingerprint density at radius 1 is 1.21 bits per heavy atom. The van der Waals surface area contributed by atoms with E-state index in [0.717, 1.165) is 29.9 Å². The van der Waals surface area contributed by atoms with Crippen molar-refractivity contribution in [2.45, 2.75) is 39.0 Å². The molecule has 3 heterocycles. The van der Waals surface area contributed by atoms with Crippen molar-refractivity contribution in [2.24, 2.45) is 0 Å². The lowest BCUT2D eigenvalue weighted by atomic mass is 10.0. The van der Waals surface area contributed by atoms with Gasteiger partial charge in [-0.1, -0.05) is 6.07 Å². The van der Waals surface area contributed by atoms with E-state index in [2.05, 4.69) is 48.4 Å². The number of ether oxygens (including phenoxy) is 1. The van der Waals surface area contributed by atoms with Crippen LogP contribution >= 0.6 is 0 Å². The molecule has 0 radical (unpaired) electrons. The van der Waals surface area contributed by atoms with Crippen molar-refractivity contribution in [1.82, 2.24) is 10.3 Å². The fraction of sp³-hybridized carbons (Fsp3) is 0.350. The van der Waals surface area contributed by atoms with Gasteiger partial charge < -0.3 is 14.5 Å². The van der Waals surface area contributed by atoms with E-state index in [9.17, 15) is 0 Å². The molecule has 4 rings (SSSR count). The number of pyridine rings is 1. The molecule has 1 aliphatic heterocycles. The Morgan fingerprint density at radius 3 is 2.92 bits per heavy atom. The molecule has 0 spiro atoms. The van der Waals surface area contributed by atoms with Gasteiger partial charge in [0.2, 0.25) is 0 Å². The highest BCUT2D eigenvalue weighted by Crippen LogP contribution is 2.29. The van der Waals surface area contributed by atoms with Crippen molar-refractivity contribution in [3.8, 4) is 0 Å². The van der Waals surface area contributed by atoms with Gasteiger partial charge in [0.25, 0.3) is 0 Å². The largest absolute Gasteiger partial charge is 0.460 e. The predicted molar refractivity (Wildman–Crippen MR) is 93.9 cm³/mol. The second-order valence-electron chi connectivity index (χ2n) is 6.54. The first-order valence-electron chi connectivity index (χ1n) is 8.45. The molecular weight excluding hydrogens is 300 g/mol. The van der Waals surface area contributed by atoms with E-state index in [1.54, 1.807) is 6.20 Å². The highest BCUT2D eigenvalue weighted by atomic mass is 16.5. The summed E-state index contributed by atoms with van der Waals surface area (Å²) in [6.45, 7) is 5.73. The molecule has 0 aliphatic carbocycles. The fourth-order valence-electron chi connectivity index (χ4n) is 3.35. The van der Waals surface area contributed by atoms with E-state index >= 15 is 0 Å². The summed E-state index contributed by atoms with van der Waals surface area (Å²) in [5.74, 6) is 0.965. The van der Waals surface area contributed by atoms with Gasteiger partial charge in [-0.05, 0) is 55.7 Å². The van der Waals surface area contributed by atoms with E-state index in [1.165, 1.54) is 16.5 Å². The number of aryl methyl sites for hydroxylation is 2. The lowest BCUT2D eigenvalue weighted by molar-refractivity contribution is 0.0979. The molecule has 0 saturated carbocycles. The zero-order chi connectivity index (χ0) is 16.5. The van der Waals surface area contributed by atoms with Crippen LogP contribution in [0.4, 0.5) is 0 Å². The molecule has 0 unspecified atom stereocenters. The van der Waals surface area contributed by atoms with Crippen LogP contribution < -0.4 is 5.32 Å². The summed E-state index contributed by atoms with van der Waals surface area (Å²) >= 11 is 0. The number of nitrogens with one attached hydrogen (secondary N) is 1. The van der Waals surface area contributed by atoms with Crippen LogP contribution in [0, 0.1) is 13.8 Å². The molecule has 24 heavy (non-hydrogen) atoms. The fourth-order valence-corrected chi connectivity index (χ4v) is 3.35. The number of nitrogens with zero attached hydrogens (tertiary/aromatic N) is 1. The van der Waals surface area contributed by atoms with Gasteiger partial charge in [0.15, 0.2) is 0 Å². The van der Waals surface area contributed by atoms with Gasteiger partial charge >= 0.3 is 0 Å². The number of fused-ring (bicyclic) bond motifs is 1. The topological polar surface area (TPSA) is 47.3 Å². The zero-order valence-electron chi connectivity index (χ0n) is 14.1. The molecule has 4 nitrogen and oxygen atoms in total. The zero-order valence-corrected chi connectivity index (χ0v) is 14.1. The molecule has 3 aromatic rings. The molecule has 124 valence electrons. The smallest absolute Gasteiger partial charge is 0.134 e. The summed E-state index contributed by atoms with van der Waals surface area (Å²) in [6.07, 6.45) is 4.74. The molecule has 1 saturated heterocycles. The van der Waals surface area contributed by atoms with Crippen LogP contribution in [0.1, 0.15) is 35.0 Å². The number of hydrogen-bond acceptors (Lipinski definition) is 4. The summed E-state index contributed by atoms with van der Waals surface area (Å²) in [5, 5.41) is 4.76. The lowest BCUT2D eigenvalue weighted by Crippen LogP contribution is -2.31. The van der Waals surface area contributed by atoms with Gasteiger partial charge in [-0.2, -0.15) is 0 Å². The Balaban J connectivity index is 1.48. The van der Waals surface area contributed by atoms with E-state index in [1.807, 2.05) is 12.3 Å². The summed E-state index contributed by atoms with van der Waals surface area (Å²) < 4.78 is 11.9. The molecule has 1 aromatic carbocycles. The van der Waals surface area contributed by atoms with Gasteiger partial charge in [0.1, 0.15) is 11.3 Å². The minimum atomic E-state index is 0.0626. The Bertz CT molecular complexity index is 802. The molecule has 0 bridgehead atoms. The Hall–Kier alpha value is -2.17. The van der Waals surface area contributed by atoms with Gasteiger partial charge in [-0.15, -0.1) is 0 Å². The van der Waals surface area contributed by atoms with Crippen molar-refractivity contribution >= 4 is 11.0 Å². The monoisotopic (exact) mass is 322 g/mol. The standard InChI is InChI=1S/C20H22N2O2/c1-13-8-16-10-17(24-19(16)9-14(13)2)12-22-18-5-7-23-20(18)15-4-3-6-21-11-15/h3-4,6,8-11,18,20,22H,5,7,12H2,1-2H3/t18-,20+/m0/s1. The highest BCUT2D eigenvalue weighted by Gasteiger charge is 2.29. The van der Waals surface area contributed by atoms with Crippen LogP contribution in [-0.2, 0) is 11.3 Å². The third kappa shape index (κ3) is 2.95. The lowest BCUT2D eigenvalue weighted by Gasteiger charge is -2.19. The van der Waals surface area contributed by atoms with E-state index in [4.69, 9.17) is 9.15 Å². The second-order valence-corrected chi connectivity index (χ2v) is 6.54. The number of aromatic nitrogens is 1. The first-order valence-corrected chi connectivity index (χ1v) is 8.45.